The fraction of sp³-hybridized carbons (Fsp3) is 0.800. The molecule has 3 nitrogen and oxygen atoms in total. The van der Waals surface area contributed by atoms with Gasteiger partial charge in [-0.05, 0) is 19.3 Å². The second kappa shape index (κ2) is 2.67. The highest BCUT2D eigenvalue weighted by Crippen LogP contribution is 2.20. The molecule has 0 unspecified atom stereocenters. The average Bonchev–Trinajstić information content (AvgIpc) is 1.63. The fourth-order valence-electron chi connectivity index (χ4n) is 0.572. The van der Waals surface area contributed by atoms with E-state index < -0.39 is 0 Å². The Hall–Kier alpha value is -0.570. The minimum atomic E-state index is 0.205. The topological polar surface area (TPSA) is 40.4 Å². The van der Waals surface area contributed by atoms with E-state index in [9.17, 15) is 4.79 Å². The van der Waals surface area contributed by atoms with E-state index in [1.807, 2.05) is 0 Å². The Kier molecular flexibility index (Phi) is 1.86. The maximum Gasteiger partial charge on any atom is 0.361 e. The minimum absolute atomic E-state index is 0.205. The summed E-state index contributed by atoms with van der Waals surface area (Å²) in [6.07, 6.45) is 4.78. The molecule has 1 fully saturated rings. The third-order valence-electron chi connectivity index (χ3n) is 1.29. The van der Waals surface area contributed by atoms with Gasteiger partial charge in [-0.25, -0.2) is 4.84 Å². The molecule has 0 aromatic rings. The van der Waals surface area contributed by atoms with Crippen molar-refractivity contribution in [2.75, 3.05) is 0 Å². The van der Waals surface area contributed by atoms with Gasteiger partial charge in [0, 0.05) is 0 Å². The largest absolute Gasteiger partial charge is 0.361 e. The van der Waals surface area contributed by atoms with Crippen LogP contribution in [0.2, 0.25) is 0 Å². The first-order valence-electron chi connectivity index (χ1n) is 2.66. The summed E-state index contributed by atoms with van der Waals surface area (Å²) < 4.78 is 0. The van der Waals surface area contributed by atoms with E-state index in [1.165, 1.54) is 12.8 Å². The highest BCUT2D eigenvalue weighted by Gasteiger charge is 2.18. The van der Waals surface area contributed by atoms with E-state index in [1.54, 1.807) is 0 Å². The van der Waals surface area contributed by atoms with E-state index in [4.69, 9.17) is 0 Å². The van der Waals surface area contributed by atoms with Gasteiger partial charge in [-0.2, -0.15) is 0 Å². The van der Waals surface area contributed by atoms with Crippen molar-refractivity contribution >= 4 is 6.41 Å². The molecule has 8 heavy (non-hydrogen) atoms. The van der Waals surface area contributed by atoms with Gasteiger partial charge in [0.1, 0.15) is 0 Å². The van der Waals surface area contributed by atoms with Crippen molar-refractivity contribution in [3.63, 3.8) is 0 Å². The van der Waals surface area contributed by atoms with E-state index in [2.05, 4.69) is 10.3 Å². The van der Waals surface area contributed by atoms with Crippen LogP contribution >= 0.6 is 0 Å². The van der Waals surface area contributed by atoms with E-state index >= 15 is 0 Å². The van der Waals surface area contributed by atoms with Crippen molar-refractivity contribution in [3.8, 4) is 0 Å². The van der Waals surface area contributed by atoms with E-state index in [0.29, 0.717) is 0 Å². The Bertz CT molecular complexity index is 80.5. The van der Waals surface area contributed by atoms with Gasteiger partial charge in [-0.15, -0.1) is 0 Å². The smallest absolute Gasteiger partial charge is 0.259 e. The lowest BCUT2D eigenvalue weighted by Gasteiger charge is -2.21. The molecule has 3 heteroatoms. The molecule has 0 heterocycles. The first-order valence-corrected chi connectivity index (χ1v) is 2.66. The summed E-state index contributed by atoms with van der Waals surface area (Å²) in [6.45, 7) is 0. The summed E-state index contributed by atoms with van der Waals surface area (Å²) in [5.41, 5.74) is 2.99. The second-order valence-corrected chi connectivity index (χ2v) is 1.84. The first kappa shape index (κ1) is 5.56. The van der Waals surface area contributed by atoms with Crippen LogP contribution in [-0.4, -0.2) is 12.5 Å². The van der Waals surface area contributed by atoms with Gasteiger partial charge in [-0.3, -0.25) is 4.79 Å². The van der Waals surface area contributed by atoms with Crippen LogP contribution < -0.4 is 5.48 Å². The maximum absolute atomic E-state index is 9.43. The summed E-state index contributed by atoms with van der Waals surface area (Å²) in [4.78, 5) is 14.1. The summed E-state index contributed by atoms with van der Waals surface area (Å²) >= 11 is 0. The molecule has 1 saturated carbocycles. The molecule has 0 aliphatic heterocycles. The molecule has 44 valence electrons. The van der Waals surface area contributed by atoms with Gasteiger partial charge in [0.15, 0.2) is 0 Å². The van der Waals surface area contributed by atoms with E-state index in [0.717, 1.165) is 12.8 Å². The highest BCUT2D eigenvalue weighted by molar-refractivity contribution is 5.44. The number of hydrogen-bond acceptors (Lipinski definition) is 2. The Labute approximate surface area is 48.0 Å². The lowest BCUT2D eigenvalue weighted by molar-refractivity contribution is -0.0401. The zero-order chi connectivity index (χ0) is 5.82. The summed E-state index contributed by atoms with van der Waals surface area (Å²) in [5, 5.41) is 0. The van der Waals surface area contributed by atoms with Crippen molar-refractivity contribution in [3.05, 3.63) is 0 Å². The normalized spacial score (nSPS) is 19.5. The van der Waals surface area contributed by atoms with Gasteiger partial charge in [0.25, 0.3) is 0 Å². The molecular formula is C5H7NO2. The fourth-order valence-corrected chi connectivity index (χ4v) is 0.572. The number of amides is 1. The van der Waals surface area contributed by atoms with Crippen molar-refractivity contribution in [1.29, 1.82) is 0 Å². The van der Waals surface area contributed by atoms with Gasteiger partial charge in [0.05, 0.1) is 6.10 Å². The van der Waals surface area contributed by atoms with Gasteiger partial charge in [0.2, 0.25) is 0 Å². The number of hydroxylamine groups is 1. The maximum atomic E-state index is 9.43. The van der Waals surface area contributed by atoms with Crippen molar-refractivity contribution in [2.45, 2.75) is 25.4 Å². The molecule has 1 rings (SSSR count). The average molecular weight is 113 g/mol. The highest BCUT2D eigenvalue weighted by atomic mass is 16.7. The SMILES string of the molecule is O=[C][N]OC1CCC1. The molecular weight excluding hydrogens is 106 g/mol. The van der Waals surface area contributed by atoms with Crippen LogP contribution in [0, 0.1) is 0 Å². The number of nitrogens with zero attached hydrogens (tertiary/aromatic N) is 1. The lowest BCUT2D eigenvalue weighted by atomic mass is 9.97. The molecule has 1 aliphatic rings. The molecule has 1 amide bonds. The monoisotopic (exact) mass is 113 g/mol. The Morgan fingerprint density at radius 3 is 2.75 bits per heavy atom. The van der Waals surface area contributed by atoms with Crippen LogP contribution in [0.3, 0.4) is 0 Å². The summed E-state index contributed by atoms with van der Waals surface area (Å²) in [6, 6.07) is 0. The quantitative estimate of drug-likeness (QED) is 0.488. The van der Waals surface area contributed by atoms with Crippen LogP contribution in [0.4, 0.5) is 0 Å². The van der Waals surface area contributed by atoms with Crippen LogP contribution in [0.5, 0.6) is 0 Å². The molecule has 0 N–H and O–H groups in total. The molecule has 0 saturated heterocycles. The molecule has 2 radical (unpaired) electrons. The zero-order valence-electron chi connectivity index (χ0n) is 4.46. The van der Waals surface area contributed by atoms with Crippen LogP contribution in [0.1, 0.15) is 19.3 Å². The van der Waals surface area contributed by atoms with Gasteiger partial charge in [-0.1, -0.05) is 5.48 Å². The molecule has 0 aromatic carbocycles. The van der Waals surface area contributed by atoms with Crippen molar-refractivity contribution < 1.29 is 9.63 Å². The zero-order valence-corrected chi connectivity index (χ0v) is 4.46. The third kappa shape index (κ3) is 1.20. The number of hydrogen-bond donors (Lipinski definition) is 0. The standard InChI is InChI=1S/C5H7NO2/c7-4-6-8-5-2-1-3-5/h5H,1-3H2. The Balaban J connectivity index is 1.93. The third-order valence-corrected chi connectivity index (χ3v) is 1.29. The van der Waals surface area contributed by atoms with Gasteiger partial charge < -0.3 is 0 Å². The predicted octanol–water partition coefficient (Wildman–Crippen LogP) is 0.142. The minimum Gasteiger partial charge on any atom is -0.259 e. The molecule has 0 aromatic heterocycles. The Morgan fingerprint density at radius 2 is 2.38 bits per heavy atom. The first-order chi connectivity index (χ1) is 3.93. The summed E-state index contributed by atoms with van der Waals surface area (Å²) in [7, 11) is 0. The molecule has 1 aliphatic carbocycles. The lowest BCUT2D eigenvalue weighted by Crippen LogP contribution is -2.24. The van der Waals surface area contributed by atoms with Crippen molar-refractivity contribution in [2.24, 2.45) is 0 Å². The van der Waals surface area contributed by atoms with Crippen LogP contribution in [0.15, 0.2) is 0 Å². The molecule has 0 spiro atoms. The Morgan fingerprint density at radius 1 is 1.62 bits per heavy atom. The van der Waals surface area contributed by atoms with E-state index in [-0.39, 0.29) is 6.10 Å². The second-order valence-electron chi connectivity index (χ2n) is 1.84. The summed E-state index contributed by atoms with van der Waals surface area (Å²) in [5.74, 6) is 0. The van der Waals surface area contributed by atoms with Crippen LogP contribution in [-0.2, 0) is 9.63 Å². The predicted molar refractivity (Wildman–Crippen MR) is 26.6 cm³/mol. The molecule has 0 atom stereocenters. The molecule has 0 bridgehead atoms. The van der Waals surface area contributed by atoms with Gasteiger partial charge >= 0.3 is 6.41 Å². The number of carbonyl (C=O) groups excluding carboxylic acids is 1. The van der Waals surface area contributed by atoms with Crippen molar-refractivity contribution in [1.82, 2.24) is 5.48 Å². The number of rotatable bonds is 3. The van der Waals surface area contributed by atoms with Crippen LogP contribution in [0.25, 0.3) is 0 Å².